The van der Waals surface area contributed by atoms with Crippen LogP contribution in [0.3, 0.4) is 0 Å². The number of aliphatic hydroxyl groups is 1. The third kappa shape index (κ3) is 2.08. The lowest BCUT2D eigenvalue weighted by Gasteiger charge is -2.26. The van der Waals surface area contributed by atoms with Crippen LogP contribution in [-0.2, 0) is 5.60 Å². The zero-order valence-electron chi connectivity index (χ0n) is 11.7. The minimum atomic E-state index is -1.03. The normalized spacial score (nSPS) is 14.2. The lowest BCUT2D eigenvalue weighted by Crippen LogP contribution is -2.23. The van der Waals surface area contributed by atoms with Crippen LogP contribution in [0.1, 0.15) is 23.6 Å². The fraction of sp³-hybridized carbons (Fsp3) is 0.167. The highest BCUT2D eigenvalue weighted by molar-refractivity contribution is 5.83. The Kier molecular flexibility index (Phi) is 3.03. The Labute approximate surface area is 118 Å². The van der Waals surface area contributed by atoms with Gasteiger partial charge < -0.3 is 5.11 Å². The van der Waals surface area contributed by atoms with E-state index in [9.17, 15) is 5.11 Å². The number of hydrogen-bond acceptors (Lipinski definition) is 2. The van der Waals surface area contributed by atoms with E-state index in [0.717, 1.165) is 22.0 Å². The zero-order chi connectivity index (χ0) is 14.2. The van der Waals surface area contributed by atoms with Gasteiger partial charge in [0.25, 0.3) is 0 Å². The first-order valence-electron chi connectivity index (χ1n) is 6.73. The van der Waals surface area contributed by atoms with Crippen LogP contribution in [0.25, 0.3) is 10.9 Å². The molecule has 0 aliphatic heterocycles. The molecule has 20 heavy (non-hydrogen) atoms. The van der Waals surface area contributed by atoms with Gasteiger partial charge in [-0.3, -0.25) is 4.98 Å². The molecule has 1 atom stereocenters. The summed E-state index contributed by atoms with van der Waals surface area (Å²) in [4.78, 5) is 4.35. The van der Waals surface area contributed by atoms with Gasteiger partial charge in [-0.15, -0.1) is 0 Å². The highest BCUT2D eigenvalue weighted by Gasteiger charge is 2.27. The van der Waals surface area contributed by atoms with E-state index in [4.69, 9.17) is 0 Å². The molecule has 0 bridgehead atoms. The minimum absolute atomic E-state index is 0.881. The molecule has 0 fully saturated rings. The topological polar surface area (TPSA) is 33.1 Å². The van der Waals surface area contributed by atoms with Crippen LogP contribution in [0, 0.1) is 6.92 Å². The standard InChI is InChI=1S/C18H17NO/c1-13-8-10-14(11-9-13)18(2,20)16-6-3-7-17-15(16)5-4-12-19-17/h3-12,20H,1-2H3. The van der Waals surface area contributed by atoms with E-state index in [2.05, 4.69) is 4.98 Å². The van der Waals surface area contributed by atoms with Gasteiger partial charge in [-0.2, -0.15) is 0 Å². The van der Waals surface area contributed by atoms with Gasteiger partial charge in [0.15, 0.2) is 0 Å². The van der Waals surface area contributed by atoms with Gasteiger partial charge in [-0.1, -0.05) is 48.0 Å². The summed E-state index contributed by atoms with van der Waals surface area (Å²) in [6.45, 7) is 3.87. The van der Waals surface area contributed by atoms with E-state index in [1.54, 1.807) is 6.20 Å². The number of benzene rings is 2. The first-order chi connectivity index (χ1) is 9.59. The van der Waals surface area contributed by atoms with Crippen LogP contribution < -0.4 is 0 Å². The number of fused-ring (bicyclic) bond motifs is 1. The van der Waals surface area contributed by atoms with Crippen LogP contribution in [0.5, 0.6) is 0 Å². The molecule has 100 valence electrons. The third-order valence-corrected chi connectivity index (χ3v) is 3.78. The van der Waals surface area contributed by atoms with Crippen molar-refractivity contribution >= 4 is 10.9 Å². The number of nitrogens with zero attached hydrogens (tertiary/aromatic N) is 1. The Morgan fingerprint density at radius 3 is 2.45 bits per heavy atom. The average Bonchev–Trinajstić information content (AvgIpc) is 2.47. The van der Waals surface area contributed by atoms with Gasteiger partial charge >= 0.3 is 0 Å². The highest BCUT2D eigenvalue weighted by Crippen LogP contribution is 2.33. The molecule has 0 radical (unpaired) electrons. The van der Waals surface area contributed by atoms with Crippen LogP contribution in [-0.4, -0.2) is 10.1 Å². The second-order valence-electron chi connectivity index (χ2n) is 5.31. The largest absolute Gasteiger partial charge is 0.381 e. The number of rotatable bonds is 2. The predicted molar refractivity (Wildman–Crippen MR) is 81.6 cm³/mol. The fourth-order valence-electron chi connectivity index (χ4n) is 2.56. The second-order valence-corrected chi connectivity index (χ2v) is 5.31. The third-order valence-electron chi connectivity index (χ3n) is 3.78. The molecule has 2 heteroatoms. The van der Waals surface area contributed by atoms with Crippen molar-refractivity contribution in [2.45, 2.75) is 19.4 Å². The summed E-state index contributed by atoms with van der Waals surface area (Å²) in [7, 11) is 0. The molecule has 0 aliphatic carbocycles. The molecule has 0 aliphatic rings. The number of aromatic nitrogens is 1. The number of aryl methyl sites for hydroxylation is 1. The zero-order valence-corrected chi connectivity index (χ0v) is 11.7. The molecular weight excluding hydrogens is 246 g/mol. The van der Waals surface area contributed by atoms with Crippen molar-refractivity contribution in [1.82, 2.24) is 4.98 Å². The maximum absolute atomic E-state index is 11.0. The second kappa shape index (κ2) is 4.73. The Bertz CT molecular complexity index is 739. The molecule has 1 aromatic heterocycles. The number of pyridine rings is 1. The van der Waals surface area contributed by atoms with Crippen molar-refractivity contribution in [2.24, 2.45) is 0 Å². The monoisotopic (exact) mass is 263 g/mol. The van der Waals surface area contributed by atoms with Crippen molar-refractivity contribution in [2.75, 3.05) is 0 Å². The molecule has 0 saturated carbocycles. The molecular formula is C18H17NO. The van der Waals surface area contributed by atoms with Crippen molar-refractivity contribution in [3.63, 3.8) is 0 Å². The summed E-state index contributed by atoms with van der Waals surface area (Å²) in [5.41, 5.74) is 2.82. The van der Waals surface area contributed by atoms with E-state index in [1.165, 1.54) is 5.56 Å². The first kappa shape index (κ1) is 12.8. The number of hydrogen-bond donors (Lipinski definition) is 1. The van der Waals surface area contributed by atoms with Gasteiger partial charge in [0.1, 0.15) is 5.60 Å². The lowest BCUT2D eigenvalue weighted by atomic mass is 9.85. The van der Waals surface area contributed by atoms with Crippen molar-refractivity contribution < 1.29 is 5.11 Å². The maximum Gasteiger partial charge on any atom is 0.112 e. The maximum atomic E-state index is 11.0. The minimum Gasteiger partial charge on any atom is -0.381 e. The lowest BCUT2D eigenvalue weighted by molar-refractivity contribution is 0.104. The van der Waals surface area contributed by atoms with E-state index in [-0.39, 0.29) is 0 Å². The summed E-state index contributed by atoms with van der Waals surface area (Å²) in [5, 5.41) is 12.0. The molecule has 2 aromatic carbocycles. The molecule has 0 saturated heterocycles. The van der Waals surface area contributed by atoms with Crippen molar-refractivity contribution in [1.29, 1.82) is 0 Å². The molecule has 0 spiro atoms. The Hall–Kier alpha value is -2.19. The van der Waals surface area contributed by atoms with Gasteiger partial charge in [0.05, 0.1) is 5.52 Å². The van der Waals surface area contributed by atoms with E-state index < -0.39 is 5.60 Å². The van der Waals surface area contributed by atoms with E-state index >= 15 is 0 Å². The van der Waals surface area contributed by atoms with Crippen LogP contribution >= 0.6 is 0 Å². The fourth-order valence-corrected chi connectivity index (χ4v) is 2.56. The van der Waals surface area contributed by atoms with Gasteiger partial charge in [-0.25, -0.2) is 0 Å². The Balaban J connectivity index is 2.20. The van der Waals surface area contributed by atoms with Crippen LogP contribution in [0.2, 0.25) is 0 Å². The summed E-state index contributed by atoms with van der Waals surface area (Å²) >= 11 is 0. The molecule has 1 heterocycles. The Morgan fingerprint density at radius 1 is 0.950 bits per heavy atom. The summed E-state index contributed by atoms with van der Waals surface area (Å²) < 4.78 is 0. The highest BCUT2D eigenvalue weighted by atomic mass is 16.3. The van der Waals surface area contributed by atoms with E-state index in [1.807, 2.05) is 68.4 Å². The molecule has 1 N–H and O–H groups in total. The molecule has 2 nitrogen and oxygen atoms in total. The molecule has 3 aromatic rings. The molecule has 1 unspecified atom stereocenters. The SMILES string of the molecule is Cc1ccc(C(C)(O)c2cccc3ncccc23)cc1. The van der Waals surface area contributed by atoms with Gasteiger partial charge in [0.2, 0.25) is 0 Å². The van der Waals surface area contributed by atoms with Crippen LogP contribution in [0.4, 0.5) is 0 Å². The smallest absolute Gasteiger partial charge is 0.112 e. The predicted octanol–water partition coefficient (Wildman–Crippen LogP) is 3.80. The summed E-state index contributed by atoms with van der Waals surface area (Å²) in [6.07, 6.45) is 1.77. The van der Waals surface area contributed by atoms with Gasteiger partial charge in [0, 0.05) is 11.6 Å². The average molecular weight is 263 g/mol. The van der Waals surface area contributed by atoms with Crippen molar-refractivity contribution in [3.05, 3.63) is 77.5 Å². The van der Waals surface area contributed by atoms with Crippen molar-refractivity contribution in [3.8, 4) is 0 Å². The summed E-state index contributed by atoms with van der Waals surface area (Å²) in [5.74, 6) is 0. The summed E-state index contributed by atoms with van der Waals surface area (Å²) in [6, 6.07) is 17.8. The van der Waals surface area contributed by atoms with Crippen LogP contribution in [0.15, 0.2) is 60.8 Å². The molecule has 0 amide bonds. The van der Waals surface area contributed by atoms with Gasteiger partial charge in [-0.05, 0) is 37.1 Å². The molecule has 3 rings (SSSR count). The first-order valence-corrected chi connectivity index (χ1v) is 6.73. The quantitative estimate of drug-likeness (QED) is 0.763. The van der Waals surface area contributed by atoms with E-state index in [0.29, 0.717) is 0 Å². The Morgan fingerprint density at radius 2 is 1.70 bits per heavy atom.